The Bertz CT molecular complexity index is 461. The van der Waals surface area contributed by atoms with Crippen molar-refractivity contribution >= 4 is 11.3 Å². The molecule has 86 valence electrons. The van der Waals surface area contributed by atoms with Crippen LogP contribution in [0.15, 0.2) is 11.7 Å². The lowest BCUT2D eigenvalue weighted by Crippen LogP contribution is -2.20. The number of aryl methyl sites for hydroxylation is 2. The summed E-state index contributed by atoms with van der Waals surface area (Å²) in [6.45, 7) is 4.82. The molecule has 0 amide bonds. The number of aromatic nitrogens is 4. The predicted molar refractivity (Wildman–Crippen MR) is 63.1 cm³/mol. The van der Waals surface area contributed by atoms with Crippen LogP contribution in [0.1, 0.15) is 29.5 Å². The van der Waals surface area contributed by atoms with Crippen LogP contribution in [0.3, 0.4) is 0 Å². The van der Waals surface area contributed by atoms with Gasteiger partial charge in [0.05, 0.1) is 12.6 Å². The van der Waals surface area contributed by atoms with Crippen LogP contribution in [-0.2, 0) is 13.6 Å². The number of thiazole rings is 1. The van der Waals surface area contributed by atoms with Gasteiger partial charge < -0.3 is 9.88 Å². The van der Waals surface area contributed by atoms with E-state index in [4.69, 9.17) is 0 Å². The van der Waals surface area contributed by atoms with Crippen LogP contribution >= 0.6 is 11.3 Å². The summed E-state index contributed by atoms with van der Waals surface area (Å²) in [4.78, 5) is 4.45. The standard InChI is InChI=1S/C10H15N5S/c1-7-5-16-10(13-7)8(2)11-4-9-14-12-6-15(9)3/h5-6,8,11H,4H2,1-3H3. The van der Waals surface area contributed by atoms with Crippen LogP contribution in [0.5, 0.6) is 0 Å². The van der Waals surface area contributed by atoms with Gasteiger partial charge in [-0.15, -0.1) is 21.5 Å². The maximum atomic E-state index is 4.45. The third-order valence-electron chi connectivity index (χ3n) is 2.38. The molecule has 0 fully saturated rings. The second-order valence-corrected chi connectivity index (χ2v) is 4.68. The van der Waals surface area contributed by atoms with Crippen LogP contribution in [0.4, 0.5) is 0 Å². The fourth-order valence-corrected chi connectivity index (χ4v) is 2.20. The average Bonchev–Trinajstić information content (AvgIpc) is 2.84. The second-order valence-electron chi connectivity index (χ2n) is 3.79. The van der Waals surface area contributed by atoms with E-state index < -0.39 is 0 Å². The fourth-order valence-electron chi connectivity index (χ4n) is 1.37. The summed E-state index contributed by atoms with van der Waals surface area (Å²) in [5.74, 6) is 0.931. The Morgan fingerprint density at radius 2 is 2.38 bits per heavy atom. The lowest BCUT2D eigenvalue weighted by atomic mass is 10.3. The number of hydrogen-bond acceptors (Lipinski definition) is 5. The molecule has 0 saturated heterocycles. The van der Waals surface area contributed by atoms with Crippen molar-refractivity contribution in [2.24, 2.45) is 7.05 Å². The summed E-state index contributed by atoms with van der Waals surface area (Å²) in [5, 5.41) is 14.4. The van der Waals surface area contributed by atoms with E-state index in [1.165, 1.54) is 0 Å². The first-order valence-electron chi connectivity index (χ1n) is 5.15. The van der Waals surface area contributed by atoms with Gasteiger partial charge in [-0.05, 0) is 13.8 Å². The zero-order valence-electron chi connectivity index (χ0n) is 9.64. The van der Waals surface area contributed by atoms with Crippen LogP contribution in [0.2, 0.25) is 0 Å². The van der Waals surface area contributed by atoms with Crippen molar-refractivity contribution in [3.8, 4) is 0 Å². The van der Waals surface area contributed by atoms with Crippen molar-refractivity contribution in [1.29, 1.82) is 0 Å². The Morgan fingerprint density at radius 1 is 1.56 bits per heavy atom. The van der Waals surface area contributed by atoms with Crippen molar-refractivity contribution in [3.05, 3.63) is 28.2 Å². The number of rotatable bonds is 4. The van der Waals surface area contributed by atoms with Crippen LogP contribution in [-0.4, -0.2) is 19.7 Å². The van der Waals surface area contributed by atoms with E-state index >= 15 is 0 Å². The van der Waals surface area contributed by atoms with Gasteiger partial charge in [-0.2, -0.15) is 0 Å². The molecule has 2 heterocycles. The highest BCUT2D eigenvalue weighted by atomic mass is 32.1. The molecule has 5 nitrogen and oxygen atoms in total. The second kappa shape index (κ2) is 4.71. The minimum absolute atomic E-state index is 0.246. The molecule has 1 unspecified atom stereocenters. The summed E-state index contributed by atoms with van der Waals surface area (Å²) in [6.07, 6.45) is 1.70. The summed E-state index contributed by atoms with van der Waals surface area (Å²) < 4.78 is 1.91. The number of nitrogens with zero attached hydrogens (tertiary/aromatic N) is 4. The molecule has 0 saturated carbocycles. The fraction of sp³-hybridized carbons (Fsp3) is 0.500. The van der Waals surface area contributed by atoms with Crippen molar-refractivity contribution in [2.75, 3.05) is 0 Å². The van der Waals surface area contributed by atoms with Crippen LogP contribution < -0.4 is 5.32 Å². The van der Waals surface area contributed by atoms with Gasteiger partial charge in [-0.3, -0.25) is 0 Å². The van der Waals surface area contributed by atoms with Gasteiger partial charge >= 0.3 is 0 Å². The van der Waals surface area contributed by atoms with Gasteiger partial charge in [0, 0.05) is 18.1 Å². The highest BCUT2D eigenvalue weighted by molar-refractivity contribution is 7.09. The van der Waals surface area contributed by atoms with Gasteiger partial charge in [-0.25, -0.2) is 4.98 Å². The zero-order valence-corrected chi connectivity index (χ0v) is 10.5. The van der Waals surface area contributed by atoms with E-state index in [1.807, 2.05) is 18.5 Å². The lowest BCUT2D eigenvalue weighted by molar-refractivity contribution is 0.545. The minimum atomic E-state index is 0.246. The number of nitrogens with one attached hydrogen (secondary N) is 1. The van der Waals surface area contributed by atoms with E-state index in [1.54, 1.807) is 17.7 Å². The van der Waals surface area contributed by atoms with E-state index in [9.17, 15) is 0 Å². The van der Waals surface area contributed by atoms with Crippen molar-refractivity contribution < 1.29 is 0 Å². The van der Waals surface area contributed by atoms with E-state index in [-0.39, 0.29) is 6.04 Å². The van der Waals surface area contributed by atoms with Gasteiger partial charge in [0.25, 0.3) is 0 Å². The SMILES string of the molecule is Cc1csc(C(C)NCc2nncn2C)n1. The Balaban J connectivity index is 1.93. The van der Waals surface area contributed by atoms with Gasteiger partial charge in [0.1, 0.15) is 17.2 Å². The molecule has 16 heavy (non-hydrogen) atoms. The molecule has 1 N–H and O–H groups in total. The molecule has 0 aliphatic carbocycles. The smallest absolute Gasteiger partial charge is 0.146 e. The Kier molecular flexibility index (Phi) is 3.31. The average molecular weight is 237 g/mol. The lowest BCUT2D eigenvalue weighted by Gasteiger charge is -2.10. The number of hydrogen-bond donors (Lipinski definition) is 1. The first-order chi connectivity index (χ1) is 7.66. The third-order valence-corrected chi connectivity index (χ3v) is 3.52. The molecule has 1 atom stereocenters. The molecule has 2 aromatic rings. The highest BCUT2D eigenvalue weighted by Crippen LogP contribution is 2.17. The Hall–Kier alpha value is -1.27. The quantitative estimate of drug-likeness (QED) is 0.874. The summed E-state index contributed by atoms with van der Waals surface area (Å²) in [7, 11) is 1.94. The first kappa shape index (κ1) is 11.2. The van der Waals surface area contributed by atoms with E-state index in [0.29, 0.717) is 6.54 Å². The maximum Gasteiger partial charge on any atom is 0.146 e. The monoisotopic (exact) mass is 237 g/mol. The van der Waals surface area contributed by atoms with Gasteiger partial charge in [-0.1, -0.05) is 0 Å². The van der Waals surface area contributed by atoms with Crippen molar-refractivity contribution in [2.45, 2.75) is 26.4 Å². The molecular formula is C10H15N5S. The molecule has 0 radical (unpaired) electrons. The highest BCUT2D eigenvalue weighted by Gasteiger charge is 2.10. The summed E-state index contributed by atoms with van der Waals surface area (Å²) in [5.41, 5.74) is 1.08. The topological polar surface area (TPSA) is 55.6 Å². The maximum absolute atomic E-state index is 4.45. The van der Waals surface area contributed by atoms with Crippen LogP contribution in [0, 0.1) is 6.92 Å². The zero-order chi connectivity index (χ0) is 11.5. The molecule has 0 aliphatic rings. The van der Waals surface area contributed by atoms with Gasteiger partial charge in [0.15, 0.2) is 0 Å². The Morgan fingerprint density at radius 3 is 2.94 bits per heavy atom. The summed E-state index contributed by atoms with van der Waals surface area (Å²) in [6, 6.07) is 0.246. The molecular weight excluding hydrogens is 222 g/mol. The van der Waals surface area contributed by atoms with E-state index in [2.05, 4.69) is 32.8 Å². The van der Waals surface area contributed by atoms with Crippen LogP contribution in [0.25, 0.3) is 0 Å². The largest absolute Gasteiger partial charge is 0.320 e. The minimum Gasteiger partial charge on any atom is -0.320 e. The first-order valence-corrected chi connectivity index (χ1v) is 6.03. The third kappa shape index (κ3) is 2.45. The molecule has 0 bridgehead atoms. The van der Waals surface area contributed by atoms with Crippen molar-refractivity contribution in [3.63, 3.8) is 0 Å². The summed E-state index contributed by atoms with van der Waals surface area (Å²) >= 11 is 1.68. The molecule has 0 spiro atoms. The molecule has 2 aromatic heterocycles. The molecule has 2 rings (SSSR count). The van der Waals surface area contributed by atoms with E-state index in [0.717, 1.165) is 16.5 Å². The normalized spacial score (nSPS) is 12.9. The predicted octanol–water partition coefficient (Wildman–Crippen LogP) is 1.43. The van der Waals surface area contributed by atoms with Gasteiger partial charge in [0.2, 0.25) is 0 Å². The molecule has 0 aromatic carbocycles. The molecule has 0 aliphatic heterocycles. The Labute approximate surface area is 98.5 Å². The van der Waals surface area contributed by atoms with Crippen molar-refractivity contribution in [1.82, 2.24) is 25.1 Å². The molecule has 6 heteroatoms.